The van der Waals surface area contributed by atoms with Gasteiger partial charge in [-0.1, -0.05) is 48.5 Å². The van der Waals surface area contributed by atoms with Gasteiger partial charge in [0.25, 0.3) is 5.82 Å². The van der Waals surface area contributed by atoms with E-state index in [4.69, 9.17) is 4.42 Å². The number of aromatic nitrogens is 1. The standard InChI is InChI=1S/C25H24BN2O/c1-17-16-27(4)24(15-21(17)19-10-6-5-7-11-19)28-18(2)14-22-20-12-8-9-13-23(20)29-25(22)26(28)3/h5-16H,1-4H3/q+1. The van der Waals surface area contributed by atoms with Crippen molar-refractivity contribution in [3.8, 4) is 11.1 Å². The first-order chi connectivity index (χ1) is 14.0. The predicted molar refractivity (Wildman–Crippen MR) is 121 cm³/mol. The molecule has 142 valence electrons. The number of anilines is 1. The average Bonchev–Trinajstić information content (AvgIpc) is 3.09. The Morgan fingerprint density at radius 3 is 2.48 bits per heavy atom. The van der Waals surface area contributed by atoms with Gasteiger partial charge in [-0.2, -0.15) is 0 Å². The zero-order valence-electron chi connectivity index (χ0n) is 17.3. The molecule has 1 aliphatic heterocycles. The number of rotatable bonds is 2. The van der Waals surface area contributed by atoms with Crippen molar-refractivity contribution in [2.75, 3.05) is 4.81 Å². The molecule has 0 N–H and O–H groups in total. The van der Waals surface area contributed by atoms with E-state index in [0.29, 0.717) is 0 Å². The van der Waals surface area contributed by atoms with Gasteiger partial charge in [0.1, 0.15) is 11.2 Å². The first-order valence-corrected chi connectivity index (χ1v) is 10.1. The maximum absolute atomic E-state index is 6.29. The number of hydrogen-bond acceptors (Lipinski definition) is 2. The van der Waals surface area contributed by atoms with Crippen LogP contribution in [0.2, 0.25) is 6.82 Å². The Morgan fingerprint density at radius 2 is 1.69 bits per heavy atom. The summed E-state index contributed by atoms with van der Waals surface area (Å²) in [6, 6.07) is 21.2. The molecule has 2 aromatic heterocycles. The summed E-state index contributed by atoms with van der Waals surface area (Å²) in [5.41, 5.74) is 8.16. The number of allylic oxidation sites excluding steroid dienone is 1. The highest BCUT2D eigenvalue weighted by atomic mass is 16.3. The molecule has 0 fully saturated rings. The molecule has 0 bridgehead atoms. The van der Waals surface area contributed by atoms with E-state index in [-0.39, 0.29) is 6.85 Å². The third kappa shape index (κ3) is 2.79. The molecule has 0 radical (unpaired) electrons. The topological polar surface area (TPSA) is 20.3 Å². The van der Waals surface area contributed by atoms with Gasteiger partial charge < -0.3 is 4.42 Å². The third-order valence-corrected chi connectivity index (χ3v) is 5.94. The third-order valence-electron chi connectivity index (χ3n) is 5.94. The Labute approximate surface area is 172 Å². The number of nitrogens with zero attached hydrogens (tertiary/aromatic N) is 2. The zero-order valence-corrected chi connectivity index (χ0v) is 17.3. The Kier molecular flexibility index (Phi) is 4.09. The molecular formula is C25H24BN2O+. The second kappa shape index (κ2) is 6.66. The molecule has 0 saturated carbocycles. The van der Waals surface area contributed by atoms with Crippen molar-refractivity contribution in [3.63, 3.8) is 0 Å². The molecule has 29 heavy (non-hydrogen) atoms. The van der Waals surface area contributed by atoms with Crippen LogP contribution in [0.1, 0.15) is 18.1 Å². The highest BCUT2D eigenvalue weighted by Gasteiger charge is 2.40. The summed E-state index contributed by atoms with van der Waals surface area (Å²) < 4.78 is 8.50. The molecule has 1 aliphatic rings. The SMILES string of the molecule is CB1c2oc3ccccc3c2C=C(C)N1c1cc(-c2ccccc2)c(C)c[n+]1C. The van der Waals surface area contributed by atoms with E-state index in [1.54, 1.807) is 0 Å². The summed E-state index contributed by atoms with van der Waals surface area (Å²) in [4.78, 5) is 2.37. The summed E-state index contributed by atoms with van der Waals surface area (Å²) in [5, 5.41) is 1.19. The van der Waals surface area contributed by atoms with Crippen molar-refractivity contribution in [2.45, 2.75) is 20.7 Å². The lowest BCUT2D eigenvalue weighted by molar-refractivity contribution is -0.658. The van der Waals surface area contributed by atoms with E-state index in [0.717, 1.165) is 17.1 Å². The van der Waals surface area contributed by atoms with Crippen LogP contribution >= 0.6 is 0 Å². The van der Waals surface area contributed by atoms with Gasteiger partial charge in [-0.15, -0.1) is 0 Å². The average molecular weight is 379 g/mol. The summed E-state index contributed by atoms with van der Waals surface area (Å²) in [6.45, 7) is 6.69. The van der Waals surface area contributed by atoms with Crippen LogP contribution in [0.25, 0.3) is 28.2 Å². The monoisotopic (exact) mass is 379 g/mol. The maximum Gasteiger partial charge on any atom is 0.447 e. The largest absolute Gasteiger partial charge is 0.465 e. The number of aryl methyl sites for hydroxylation is 2. The van der Waals surface area contributed by atoms with Crippen LogP contribution in [-0.2, 0) is 7.05 Å². The van der Waals surface area contributed by atoms with Gasteiger partial charge in [-0.05, 0) is 49.5 Å². The van der Waals surface area contributed by atoms with Gasteiger partial charge in [0.15, 0.2) is 0 Å². The molecule has 4 heteroatoms. The van der Waals surface area contributed by atoms with Crippen molar-refractivity contribution < 1.29 is 8.98 Å². The second-order valence-electron chi connectivity index (χ2n) is 7.91. The van der Waals surface area contributed by atoms with Crippen molar-refractivity contribution >= 4 is 35.4 Å². The van der Waals surface area contributed by atoms with Gasteiger partial charge in [0, 0.05) is 17.0 Å². The molecule has 4 aromatic rings. The first-order valence-electron chi connectivity index (χ1n) is 10.1. The number of furan rings is 1. The van der Waals surface area contributed by atoms with Crippen LogP contribution in [0.3, 0.4) is 0 Å². The fourth-order valence-corrected chi connectivity index (χ4v) is 4.56. The lowest BCUT2D eigenvalue weighted by Gasteiger charge is -2.26. The van der Waals surface area contributed by atoms with Crippen LogP contribution in [0, 0.1) is 6.92 Å². The van der Waals surface area contributed by atoms with Gasteiger partial charge in [0.05, 0.1) is 18.9 Å². The number of para-hydroxylation sites is 1. The van der Waals surface area contributed by atoms with Crippen LogP contribution in [0.5, 0.6) is 0 Å². The zero-order chi connectivity index (χ0) is 20.1. The van der Waals surface area contributed by atoms with Gasteiger partial charge in [-0.3, -0.25) is 4.81 Å². The Bertz CT molecular complexity index is 1260. The van der Waals surface area contributed by atoms with Crippen molar-refractivity contribution in [1.82, 2.24) is 0 Å². The van der Waals surface area contributed by atoms with E-state index in [2.05, 4.69) is 97.9 Å². The smallest absolute Gasteiger partial charge is 0.447 e. The van der Waals surface area contributed by atoms with Crippen molar-refractivity contribution in [1.29, 1.82) is 0 Å². The minimum absolute atomic E-state index is 0.111. The number of pyridine rings is 1. The molecule has 0 aliphatic carbocycles. The van der Waals surface area contributed by atoms with Gasteiger partial charge >= 0.3 is 6.85 Å². The second-order valence-corrected chi connectivity index (χ2v) is 7.91. The molecule has 0 atom stereocenters. The molecule has 0 unspecified atom stereocenters. The van der Waals surface area contributed by atoms with Crippen molar-refractivity contribution in [3.05, 3.63) is 83.7 Å². The number of fused-ring (bicyclic) bond motifs is 3. The van der Waals surface area contributed by atoms with Crippen LogP contribution < -0.4 is 15.0 Å². The molecule has 2 aromatic carbocycles. The fourth-order valence-electron chi connectivity index (χ4n) is 4.56. The molecule has 0 amide bonds. The van der Waals surface area contributed by atoms with E-state index < -0.39 is 0 Å². The summed E-state index contributed by atoms with van der Waals surface area (Å²) in [5.74, 6) is 1.15. The van der Waals surface area contributed by atoms with E-state index in [9.17, 15) is 0 Å². The minimum Gasteiger partial charge on any atom is -0.465 e. The Hall–Kier alpha value is -3.27. The van der Waals surface area contributed by atoms with Crippen LogP contribution in [0.4, 0.5) is 5.82 Å². The Balaban J connectivity index is 1.67. The lowest BCUT2D eigenvalue weighted by atomic mass is 9.57. The maximum atomic E-state index is 6.29. The highest BCUT2D eigenvalue weighted by Crippen LogP contribution is 2.32. The molecule has 3 heterocycles. The minimum atomic E-state index is 0.111. The summed E-state index contributed by atoms with van der Waals surface area (Å²) >= 11 is 0. The lowest BCUT2D eigenvalue weighted by Crippen LogP contribution is -2.52. The van der Waals surface area contributed by atoms with E-state index >= 15 is 0 Å². The molecule has 5 rings (SSSR count). The summed E-state index contributed by atoms with van der Waals surface area (Å²) in [6.07, 6.45) is 4.47. The normalized spacial score (nSPS) is 13.6. The van der Waals surface area contributed by atoms with E-state index in [1.807, 2.05) is 12.1 Å². The quantitative estimate of drug-likeness (QED) is 0.363. The van der Waals surface area contributed by atoms with Crippen LogP contribution in [0.15, 0.2) is 77.0 Å². The predicted octanol–water partition coefficient (Wildman–Crippen LogP) is 4.94. The van der Waals surface area contributed by atoms with Gasteiger partial charge in [0.2, 0.25) is 0 Å². The number of hydrogen-bond donors (Lipinski definition) is 0. The number of benzene rings is 2. The fraction of sp³-hybridized carbons (Fsp3) is 0.160. The first kappa shape index (κ1) is 17.8. The van der Waals surface area contributed by atoms with Gasteiger partial charge in [-0.25, -0.2) is 4.57 Å². The van der Waals surface area contributed by atoms with Crippen molar-refractivity contribution in [2.24, 2.45) is 7.05 Å². The molecule has 0 spiro atoms. The molecule has 0 saturated heterocycles. The molecule has 3 nitrogen and oxygen atoms in total. The summed E-state index contributed by atoms with van der Waals surface area (Å²) in [7, 11) is 2.12. The van der Waals surface area contributed by atoms with E-state index in [1.165, 1.54) is 33.3 Å². The highest BCUT2D eigenvalue weighted by molar-refractivity contribution is 6.76. The Morgan fingerprint density at radius 1 is 0.966 bits per heavy atom. The molecular weight excluding hydrogens is 355 g/mol. The van der Waals surface area contributed by atoms with Crippen LogP contribution in [-0.4, -0.2) is 6.85 Å².